The lowest BCUT2D eigenvalue weighted by atomic mass is 9.69. The van der Waals surface area contributed by atoms with Crippen molar-refractivity contribution in [1.82, 2.24) is 0 Å². The van der Waals surface area contributed by atoms with Crippen LogP contribution in [0.4, 0.5) is 0 Å². The Hall–Kier alpha value is -0.120. The average molecular weight is 197 g/mol. The quantitative estimate of drug-likeness (QED) is 0.521. The van der Waals surface area contributed by atoms with E-state index in [-0.39, 0.29) is 11.5 Å². The maximum atomic E-state index is 9.66. The van der Waals surface area contributed by atoms with Crippen LogP contribution >= 0.6 is 0 Å². The van der Waals surface area contributed by atoms with Gasteiger partial charge >= 0.3 is 0 Å². The van der Waals surface area contributed by atoms with Crippen molar-refractivity contribution in [2.75, 3.05) is 0 Å². The number of hydrogen-bond donors (Lipinski definition) is 3. The van der Waals surface area contributed by atoms with Gasteiger partial charge in [0.05, 0.1) is 12.2 Å². The van der Waals surface area contributed by atoms with Gasteiger partial charge in [-0.2, -0.15) is 0 Å². The van der Waals surface area contributed by atoms with Gasteiger partial charge in [0.2, 0.25) is 0 Å². The summed E-state index contributed by atoms with van der Waals surface area (Å²) in [6.07, 6.45) is 4.17. The summed E-state index contributed by atoms with van der Waals surface area (Å²) in [6, 6.07) is 0.230. The minimum absolute atomic E-state index is 0.0851. The predicted octanol–water partition coefficient (Wildman–Crippen LogP) is 0.246. The predicted molar refractivity (Wildman–Crippen MR) is 52.5 cm³/mol. The number of hydrogen-bond acceptors (Lipinski definition) is 3. The molecule has 3 saturated carbocycles. The summed E-state index contributed by atoms with van der Waals surface area (Å²) in [5.41, 5.74) is 6.35. The fourth-order valence-electron chi connectivity index (χ4n) is 4.35. The highest BCUT2D eigenvalue weighted by Crippen LogP contribution is 2.61. The molecule has 0 heterocycles. The number of rotatable bonds is 0. The summed E-state index contributed by atoms with van der Waals surface area (Å²) in [4.78, 5) is 0. The minimum Gasteiger partial charge on any atom is -0.390 e. The van der Waals surface area contributed by atoms with Crippen LogP contribution in [0.15, 0.2) is 0 Å². The third-order valence-electron chi connectivity index (χ3n) is 5.08. The van der Waals surface area contributed by atoms with E-state index in [1.165, 1.54) is 19.3 Å². The van der Waals surface area contributed by atoms with Crippen molar-refractivity contribution < 1.29 is 10.2 Å². The molecule has 3 fully saturated rings. The normalized spacial score (nSPS) is 54.6. The summed E-state index contributed by atoms with van der Waals surface area (Å²) in [5.74, 6) is 1.34. The molecule has 3 aliphatic rings. The first-order valence-corrected chi connectivity index (χ1v) is 5.75. The second-order valence-electron chi connectivity index (χ2n) is 5.57. The van der Waals surface area contributed by atoms with Gasteiger partial charge < -0.3 is 15.9 Å². The lowest BCUT2D eigenvalue weighted by molar-refractivity contribution is 0.0438. The van der Waals surface area contributed by atoms with Crippen LogP contribution in [-0.2, 0) is 0 Å². The zero-order valence-electron chi connectivity index (χ0n) is 8.39. The molecule has 5 atom stereocenters. The van der Waals surface area contributed by atoms with Crippen LogP contribution in [0.2, 0.25) is 0 Å². The van der Waals surface area contributed by atoms with Gasteiger partial charge in [-0.1, -0.05) is 0 Å². The maximum Gasteiger partial charge on any atom is 0.0805 e. The first-order valence-electron chi connectivity index (χ1n) is 5.75. The largest absolute Gasteiger partial charge is 0.390 e. The molecule has 14 heavy (non-hydrogen) atoms. The molecule has 0 aromatic rings. The Labute approximate surface area is 84.3 Å². The Balaban J connectivity index is 1.91. The van der Waals surface area contributed by atoms with Crippen LogP contribution in [-0.4, -0.2) is 28.5 Å². The van der Waals surface area contributed by atoms with Crippen LogP contribution in [0.25, 0.3) is 0 Å². The van der Waals surface area contributed by atoms with Crippen molar-refractivity contribution in [3.05, 3.63) is 0 Å². The molecule has 0 saturated heterocycles. The minimum atomic E-state index is -0.527. The Morgan fingerprint density at radius 2 is 1.71 bits per heavy atom. The Morgan fingerprint density at radius 1 is 1.07 bits per heavy atom. The van der Waals surface area contributed by atoms with Gasteiger partial charge in [0.25, 0.3) is 0 Å². The van der Waals surface area contributed by atoms with Gasteiger partial charge in [-0.3, -0.25) is 0 Å². The van der Waals surface area contributed by atoms with Crippen molar-refractivity contribution >= 4 is 0 Å². The topological polar surface area (TPSA) is 66.5 Å². The zero-order chi connectivity index (χ0) is 9.92. The summed E-state index contributed by atoms with van der Waals surface area (Å²) in [6.45, 7) is 0. The first kappa shape index (κ1) is 9.13. The highest BCUT2D eigenvalue weighted by molar-refractivity contribution is 5.13. The monoisotopic (exact) mass is 197 g/mol. The van der Waals surface area contributed by atoms with Gasteiger partial charge in [-0.05, 0) is 49.4 Å². The van der Waals surface area contributed by atoms with Gasteiger partial charge in [0.1, 0.15) is 0 Å². The molecular weight excluding hydrogens is 178 g/mol. The summed E-state index contributed by atoms with van der Waals surface area (Å²) in [5, 5.41) is 19.3. The molecule has 1 spiro atoms. The number of nitrogens with two attached hydrogens (primary N) is 1. The molecule has 0 aliphatic heterocycles. The molecule has 3 aliphatic carbocycles. The highest BCUT2D eigenvalue weighted by Gasteiger charge is 2.60. The Bertz CT molecular complexity index is 242. The molecule has 0 amide bonds. The van der Waals surface area contributed by atoms with Crippen molar-refractivity contribution in [1.29, 1.82) is 0 Å². The van der Waals surface area contributed by atoms with Crippen molar-refractivity contribution in [2.45, 2.75) is 50.4 Å². The summed E-state index contributed by atoms with van der Waals surface area (Å²) >= 11 is 0. The molecule has 0 aromatic carbocycles. The van der Waals surface area contributed by atoms with Crippen molar-refractivity contribution in [2.24, 2.45) is 23.0 Å². The lowest BCUT2D eigenvalue weighted by Gasteiger charge is -2.39. The maximum absolute atomic E-state index is 9.66. The molecule has 3 heteroatoms. The smallest absolute Gasteiger partial charge is 0.0805 e. The van der Waals surface area contributed by atoms with Gasteiger partial charge in [0.15, 0.2) is 0 Å². The van der Waals surface area contributed by atoms with E-state index in [4.69, 9.17) is 5.73 Å². The molecule has 1 unspecified atom stereocenters. The van der Waals surface area contributed by atoms with Crippen molar-refractivity contribution in [3.8, 4) is 0 Å². The van der Waals surface area contributed by atoms with Gasteiger partial charge in [-0.25, -0.2) is 0 Å². The zero-order valence-corrected chi connectivity index (χ0v) is 8.39. The van der Waals surface area contributed by atoms with Crippen LogP contribution in [0, 0.1) is 17.3 Å². The SMILES string of the molecule is N[C@H]1[C@@H]2CCC(C2)C12C[C@@H](O)[C@H](O)C2. The Kier molecular flexibility index (Phi) is 1.77. The number of aliphatic hydroxyl groups excluding tert-OH is 2. The summed E-state index contributed by atoms with van der Waals surface area (Å²) < 4.78 is 0. The van der Waals surface area contributed by atoms with Crippen molar-refractivity contribution in [3.63, 3.8) is 0 Å². The standard InChI is InChI=1S/C11H19NO2/c12-10-6-1-2-7(3-6)11(10)4-8(13)9(14)5-11/h6-10,13-14H,1-5,12H2/t6-,7?,8-,9-,10+/m1/s1. The molecule has 0 aromatic heterocycles. The highest BCUT2D eigenvalue weighted by atomic mass is 16.3. The van der Waals surface area contributed by atoms with Gasteiger partial charge in [0, 0.05) is 6.04 Å². The number of fused-ring (bicyclic) bond motifs is 3. The molecule has 0 radical (unpaired) electrons. The van der Waals surface area contributed by atoms with Crippen LogP contribution < -0.4 is 5.73 Å². The van der Waals surface area contributed by atoms with E-state index in [0.29, 0.717) is 11.8 Å². The molecule has 3 nitrogen and oxygen atoms in total. The summed E-state index contributed by atoms with van der Waals surface area (Å²) in [7, 11) is 0. The van der Waals surface area contributed by atoms with E-state index in [0.717, 1.165) is 12.8 Å². The van der Waals surface area contributed by atoms with E-state index < -0.39 is 12.2 Å². The third kappa shape index (κ3) is 0.930. The molecule has 2 bridgehead atoms. The molecular formula is C11H19NO2. The second kappa shape index (κ2) is 2.71. The van der Waals surface area contributed by atoms with Crippen LogP contribution in [0.3, 0.4) is 0 Å². The van der Waals surface area contributed by atoms with E-state index >= 15 is 0 Å². The Morgan fingerprint density at radius 3 is 2.21 bits per heavy atom. The molecule has 80 valence electrons. The molecule has 4 N–H and O–H groups in total. The lowest BCUT2D eigenvalue weighted by Crippen LogP contribution is -2.45. The fraction of sp³-hybridized carbons (Fsp3) is 1.00. The third-order valence-corrected chi connectivity index (χ3v) is 5.08. The van der Waals surface area contributed by atoms with Gasteiger partial charge in [-0.15, -0.1) is 0 Å². The first-order chi connectivity index (χ1) is 6.63. The fourth-order valence-corrected chi connectivity index (χ4v) is 4.35. The van der Waals surface area contributed by atoms with Crippen LogP contribution in [0.1, 0.15) is 32.1 Å². The number of aliphatic hydroxyl groups is 2. The average Bonchev–Trinajstić information content (AvgIpc) is 2.76. The molecule has 3 rings (SSSR count). The van der Waals surface area contributed by atoms with E-state index in [1.54, 1.807) is 0 Å². The van der Waals surface area contributed by atoms with E-state index in [1.807, 2.05) is 0 Å². The van der Waals surface area contributed by atoms with Crippen LogP contribution in [0.5, 0.6) is 0 Å². The van der Waals surface area contributed by atoms with E-state index in [9.17, 15) is 10.2 Å². The second-order valence-corrected chi connectivity index (χ2v) is 5.57. The van der Waals surface area contributed by atoms with E-state index in [2.05, 4.69) is 0 Å².